The van der Waals surface area contributed by atoms with Crippen LogP contribution in [0.4, 0.5) is 5.69 Å². The van der Waals surface area contributed by atoms with Gasteiger partial charge in [0.1, 0.15) is 0 Å². The molecule has 1 saturated carbocycles. The predicted octanol–water partition coefficient (Wildman–Crippen LogP) is 3.60. The molecule has 1 aromatic carbocycles. The van der Waals surface area contributed by atoms with Gasteiger partial charge in [-0.3, -0.25) is 0 Å². The maximum Gasteiger partial charge on any atom is 0.0749 e. The van der Waals surface area contributed by atoms with Gasteiger partial charge in [0.05, 0.1) is 6.10 Å². The minimum Gasteiger partial charge on any atom is -0.376 e. The molecule has 0 bridgehead atoms. The van der Waals surface area contributed by atoms with Gasteiger partial charge >= 0.3 is 0 Å². The summed E-state index contributed by atoms with van der Waals surface area (Å²) in [7, 11) is 2.14. The molecular weight excluding hydrogens is 284 g/mol. The fourth-order valence-electron chi connectivity index (χ4n) is 2.97. The second kappa shape index (κ2) is 6.99. The third-order valence-electron chi connectivity index (χ3n) is 4.40. The Labute approximate surface area is 132 Å². The zero-order chi connectivity index (χ0) is 14.7. The van der Waals surface area contributed by atoms with Gasteiger partial charge in [0.2, 0.25) is 0 Å². The lowest BCUT2D eigenvalue weighted by molar-refractivity contribution is 0.0216. The van der Waals surface area contributed by atoms with Gasteiger partial charge in [0.25, 0.3) is 0 Å². The number of rotatable bonds is 6. The molecule has 116 valence electrons. The Morgan fingerprint density at radius 2 is 2.14 bits per heavy atom. The van der Waals surface area contributed by atoms with E-state index in [1.807, 2.05) is 12.1 Å². The highest BCUT2D eigenvalue weighted by Gasteiger charge is 2.22. The molecule has 1 aromatic rings. The summed E-state index contributed by atoms with van der Waals surface area (Å²) in [4.78, 5) is 2.30. The van der Waals surface area contributed by atoms with Crippen molar-refractivity contribution in [3.05, 3.63) is 28.8 Å². The highest BCUT2D eigenvalue weighted by molar-refractivity contribution is 6.31. The van der Waals surface area contributed by atoms with Crippen LogP contribution in [-0.2, 0) is 11.3 Å². The van der Waals surface area contributed by atoms with Crippen LogP contribution in [0.25, 0.3) is 0 Å². The van der Waals surface area contributed by atoms with Gasteiger partial charge in [-0.05, 0) is 44.2 Å². The van der Waals surface area contributed by atoms with Gasteiger partial charge in [-0.15, -0.1) is 0 Å². The van der Waals surface area contributed by atoms with Gasteiger partial charge in [-0.25, -0.2) is 0 Å². The van der Waals surface area contributed by atoms with Crippen molar-refractivity contribution in [1.82, 2.24) is 5.32 Å². The van der Waals surface area contributed by atoms with Crippen molar-refractivity contribution < 1.29 is 4.74 Å². The average molecular weight is 309 g/mol. The number of hydrogen-bond acceptors (Lipinski definition) is 3. The standard InChI is InChI=1S/C17H25ClN2O/c1-20(12-14-5-2-3-10-21-14)17-7-4-6-16(18)15(17)11-19-13-8-9-13/h4,6-7,13-14,19H,2-3,5,8-12H2,1H3. The normalized spacial score (nSPS) is 22.3. The minimum absolute atomic E-state index is 0.354. The van der Waals surface area contributed by atoms with Crippen LogP contribution < -0.4 is 10.2 Å². The van der Waals surface area contributed by atoms with Gasteiger partial charge in [-0.1, -0.05) is 17.7 Å². The molecule has 1 aliphatic heterocycles. The fourth-order valence-corrected chi connectivity index (χ4v) is 3.21. The molecule has 2 aliphatic rings. The summed E-state index contributed by atoms with van der Waals surface area (Å²) in [6, 6.07) is 6.89. The zero-order valence-electron chi connectivity index (χ0n) is 12.8. The van der Waals surface area contributed by atoms with Crippen molar-refractivity contribution in [3.8, 4) is 0 Å². The third-order valence-corrected chi connectivity index (χ3v) is 4.76. The van der Waals surface area contributed by atoms with Crippen LogP contribution in [0.1, 0.15) is 37.7 Å². The van der Waals surface area contributed by atoms with Crippen LogP contribution in [-0.4, -0.2) is 32.3 Å². The Kier molecular flexibility index (Phi) is 5.04. The fraction of sp³-hybridized carbons (Fsp3) is 0.647. The largest absolute Gasteiger partial charge is 0.376 e. The molecule has 1 unspecified atom stereocenters. The van der Waals surface area contributed by atoms with Crippen molar-refractivity contribution in [2.24, 2.45) is 0 Å². The maximum atomic E-state index is 6.42. The molecule has 2 fully saturated rings. The number of nitrogens with one attached hydrogen (secondary N) is 1. The van der Waals surface area contributed by atoms with E-state index in [0.717, 1.165) is 24.7 Å². The molecule has 3 nitrogen and oxygen atoms in total. The molecule has 0 aromatic heterocycles. The monoisotopic (exact) mass is 308 g/mol. The number of halogens is 1. The molecule has 1 N–H and O–H groups in total. The average Bonchev–Trinajstić information content (AvgIpc) is 3.31. The van der Waals surface area contributed by atoms with Gasteiger partial charge in [-0.2, -0.15) is 0 Å². The smallest absolute Gasteiger partial charge is 0.0749 e. The highest BCUT2D eigenvalue weighted by Crippen LogP contribution is 2.29. The van der Waals surface area contributed by atoms with E-state index >= 15 is 0 Å². The lowest BCUT2D eigenvalue weighted by atomic mass is 10.1. The van der Waals surface area contributed by atoms with E-state index in [2.05, 4.69) is 23.3 Å². The van der Waals surface area contributed by atoms with Crippen LogP contribution >= 0.6 is 11.6 Å². The number of nitrogens with zero attached hydrogens (tertiary/aromatic N) is 1. The van der Waals surface area contributed by atoms with Crippen molar-refractivity contribution in [2.45, 2.75) is 50.8 Å². The summed E-state index contributed by atoms with van der Waals surface area (Å²) >= 11 is 6.42. The second-order valence-corrected chi connectivity index (χ2v) is 6.67. The third kappa shape index (κ3) is 4.12. The summed E-state index contributed by atoms with van der Waals surface area (Å²) in [6.45, 7) is 2.70. The van der Waals surface area contributed by atoms with E-state index < -0.39 is 0 Å². The first-order valence-electron chi connectivity index (χ1n) is 8.07. The van der Waals surface area contributed by atoms with Crippen LogP contribution in [0.15, 0.2) is 18.2 Å². The number of benzene rings is 1. The van der Waals surface area contributed by atoms with E-state index in [1.54, 1.807) is 0 Å². The van der Waals surface area contributed by atoms with Crippen LogP contribution in [0.2, 0.25) is 5.02 Å². The topological polar surface area (TPSA) is 24.5 Å². The molecular formula is C17H25ClN2O. The van der Waals surface area contributed by atoms with E-state index in [1.165, 1.54) is 43.4 Å². The predicted molar refractivity (Wildman–Crippen MR) is 88.2 cm³/mol. The van der Waals surface area contributed by atoms with Crippen molar-refractivity contribution in [1.29, 1.82) is 0 Å². The Bertz CT molecular complexity index is 470. The maximum absolute atomic E-state index is 6.42. The Hall–Kier alpha value is -0.770. The number of ether oxygens (including phenoxy) is 1. The molecule has 0 amide bonds. The van der Waals surface area contributed by atoms with E-state index in [9.17, 15) is 0 Å². The van der Waals surface area contributed by atoms with E-state index in [4.69, 9.17) is 16.3 Å². The summed E-state index contributed by atoms with van der Waals surface area (Å²) in [5, 5.41) is 4.43. The van der Waals surface area contributed by atoms with Crippen molar-refractivity contribution in [3.63, 3.8) is 0 Å². The minimum atomic E-state index is 0.354. The summed E-state index contributed by atoms with van der Waals surface area (Å²) < 4.78 is 5.86. The number of anilines is 1. The molecule has 1 heterocycles. The first kappa shape index (κ1) is 15.1. The highest BCUT2D eigenvalue weighted by atomic mass is 35.5. The van der Waals surface area contributed by atoms with Gasteiger partial charge < -0.3 is 15.0 Å². The van der Waals surface area contributed by atoms with Gasteiger partial charge in [0.15, 0.2) is 0 Å². The first-order chi connectivity index (χ1) is 10.2. The lowest BCUT2D eigenvalue weighted by Gasteiger charge is -2.30. The summed E-state index contributed by atoms with van der Waals surface area (Å²) in [5.74, 6) is 0. The summed E-state index contributed by atoms with van der Waals surface area (Å²) in [6.07, 6.45) is 6.60. The molecule has 21 heavy (non-hydrogen) atoms. The molecule has 1 atom stereocenters. The molecule has 4 heteroatoms. The molecule has 3 rings (SSSR count). The van der Waals surface area contributed by atoms with E-state index in [-0.39, 0.29) is 0 Å². The van der Waals surface area contributed by atoms with E-state index in [0.29, 0.717) is 12.1 Å². The van der Waals surface area contributed by atoms with Crippen LogP contribution in [0.5, 0.6) is 0 Å². The molecule has 1 saturated heterocycles. The second-order valence-electron chi connectivity index (χ2n) is 6.26. The Morgan fingerprint density at radius 1 is 1.29 bits per heavy atom. The van der Waals surface area contributed by atoms with Gasteiger partial charge in [0, 0.05) is 49.1 Å². The lowest BCUT2D eigenvalue weighted by Crippen LogP contribution is -2.34. The first-order valence-corrected chi connectivity index (χ1v) is 8.45. The molecule has 1 aliphatic carbocycles. The Morgan fingerprint density at radius 3 is 2.86 bits per heavy atom. The number of likely N-dealkylation sites (N-methyl/N-ethyl adjacent to an activating group) is 1. The van der Waals surface area contributed by atoms with Crippen molar-refractivity contribution >= 4 is 17.3 Å². The quantitative estimate of drug-likeness (QED) is 0.869. The van der Waals surface area contributed by atoms with Crippen LogP contribution in [0, 0.1) is 0 Å². The van der Waals surface area contributed by atoms with Crippen LogP contribution in [0.3, 0.4) is 0 Å². The molecule has 0 spiro atoms. The number of hydrogen-bond donors (Lipinski definition) is 1. The molecule has 0 radical (unpaired) electrons. The van der Waals surface area contributed by atoms with Crippen molar-refractivity contribution in [2.75, 3.05) is 25.1 Å². The Balaban J connectivity index is 1.67. The zero-order valence-corrected chi connectivity index (χ0v) is 13.5. The summed E-state index contributed by atoms with van der Waals surface area (Å²) in [5.41, 5.74) is 2.44. The SMILES string of the molecule is CN(CC1CCCCO1)c1cccc(Cl)c1CNC1CC1.